The zero-order valence-electron chi connectivity index (χ0n) is 16.3. The molecule has 1 aromatic rings. The van der Waals surface area contributed by atoms with Gasteiger partial charge in [0.1, 0.15) is 6.04 Å². The number of carboxylic acid groups (broad SMARTS) is 1. The summed E-state index contributed by atoms with van der Waals surface area (Å²) in [4.78, 5) is 24.0. The molecule has 0 radical (unpaired) electrons. The molecule has 2 aliphatic rings. The van der Waals surface area contributed by atoms with Crippen molar-refractivity contribution >= 4 is 24.5 Å². The zero-order chi connectivity index (χ0) is 19.8. The van der Waals surface area contributed by atoms with Crippen molar-refractivity contribution in [1.82, 2.24) is 14.9 Å². The molecular weight excluding hydrogens is 351 g/mol. The molecule has 0 spiro atoms. The molecule has 3 heterocycles. The van der Waals surface area contributed by atoms with Crippen LogP contribution in [0.5, 0.6) is 0 Å². The highest BCUT2D eigenvalue weighted by Crippen LogP contribution is 2.36. The van der Waals surface area contributed by atoms with Gasteiger partial charge in [-0.2, -0.15) is 0 Å². The van der Waals surface area contributed by atoms with Crippen LogP contribution < -0.4 is 10.4 Å². The number of anilines is 1. The fourth-order valence-corrected chi connectivity index (χ4v) is 3.23. The summed E-state index contributed by atoms with van der Waals surface area (Å²) in [5.74, 6) is -0.438. The van der Waals surface area contributed by atoms with Crippen LogP contribution >= 0.6 is 0 Å². The van der Waals surface area contributed by atoms with E-state index in [1.165, 1.54) is 0 Å². The van der Waals surface area contributed by atoms with Gasteiger partial charge in [0, 0.05) is 44.0 Å². The van der Waals surface area contributed by atoms with Crippen LogP contribution in [0, 0.1) is 0 Å². The summed E-state index contributed by atoms with van der Waals surface area (Å²) in [5.41, 5.74) is -0.145. The molecule has 0 saturated carbocycles. The number of aliphatic hydroxyl groups is 1. The molecule has 1 aromatic heterocycles. The monoisotopic (exact) mass is 378 g/mol. The second-order valence-electron chi connectivity index (χ2n) is 7.96. The first kappa shape index (κ1) is 20.0. The molecule has 0 amide bonds. The summed E-state index contributed by atoms with van der Waals surface area (Å²) in [6.07, 6.45) is 3.33. The summed E-state index contributed by atoms with van der Waals surface area (Å²) in [6.45, 7) is 9.61. The van der Waals surface area contributed by atoms with Gasteiger partial charge >= 0.3 is 13.1 Å². The van der Waals surface area contributed by atoms with E-state index in [0.717, 1.165) is 5.46 Å². The molecule has 2 aliphatic heterocycles. The van der Waals surface area contributed by atoms with Crippen molar-refractivity contribution in [3.63, 3.8) is 0 Å². The van der Waals surface area contributed by atoms with Gasteiger partial charge in [0.2, 0.25) is 5.95 Å². The molecule has 10 heteroatoms. The lowest BCUT2D eigenvalue weighted by molar-refractivity contribution is -0.143. The average Bonchev–Trinajstić information content (AvgIpc) is 2.83. The van der Waals surface area contributed by atoms with Crippen LogP contribution in [0.15, 0.2) is 12.4 Å². The smallest absolute Gasteiger partial charge is 0.480 e. The molecule has 2 saturated heterocycles. The molecule has 148 valence electrons. The molecule has 3 rings (SSSR count). The molecule has 0 unspecified atom stereocenters. The van der Waals surface area contributed by atoms with Crippen LogP contribution in [0.2, 0.25) is 0 Å². The van der Waals surface area contributed by atoms with Crippen LogP contribution in [0.4, 0.5) is 5.95 Å². The Bertz CT molecular complexity index is 668. The van der Waals surface area contributed by atoms with E-state index in [9.17, 15) is 9.90 Å². The van der Waals surface area contributed by atoms with E-state index in [-0.39, 0.29) is 13.2 Å². The fourth-order valence-electron chi connectivity index (χ4n) is 3.23. The number of β-amino-alcohol motifs (C(OH)–C–C–N with tert-alkyl or cyclic N) is 1. The predicted octanol–water partition coefficient (Wildman–Crippen LogP) is -0.657. The number of carboxylic acids is 1. The first-order valence-corrected chi connectivity index (χ1v) is 9.15. The third-order valence-corrected chi connectivity index (χ3v) is 5.63. The van der Waals surface area contributed by atoms with Gasteiger partial charge < -0.3 is 24.4 Å². The molecule has 2 N–H and O–H groups in total. The molecule has 0 aliphatic carbocycles. The van der Waals surface area contributed by atoms with E-state index in [1.54, 1.807) is 17.3 Å². The topological polar surface area (TPSA) is 108 Å². The summed E-state index contributed by atoms with van der Waals surface area (Å²) < 4.78 is 12.0. The third kappa shape index (κ3) is 3.93. The Balaban J connectivity index is 1.70. The minimum Gasteiger partial charge on any atom is -0.480 e. The van der Waals surface area contributed by atoms with Gasteiger partial charge in [-0.1, -0.05) is 0 Å². The normalized spacial score (nSPS) is 25.0. The van der Waals surface area contributed by atoms with Crippen molar-refractivity contribution < 1.29 is 24.3 Å². The summed E-state index contributed by atoms with van der Waals surface area (Å²) in [7, 11) is -0.530. The molecular formula is C17H27BN4O5. The molecule has 0 aromatic carbocycles. The van der Waals surface area contributed by atoms with E-state index in [1.807, 2.05) is 32.6 Å². The zero-order valence-corrected chi connectivity index (χ0v) is 16.3. The highest BCUT2D eigenvalue weighted by atomic mass is 16.7. The number of hydrogen-bond donors (Lipinski definition) is 2. The number of aliphatic carboxylic acids is 1. The van der Waals surface area contributed by atoms with Gasteiger partial charge in [0.05, 0.1) is 17.8 Å². The van der Waals surface area contributed by atoms with E-state index in [4.69, 9.17) is 14.4 Å². The van der Waals surface area contributed by atoms with Crippen molar-refractivity contribution in [1.29, 1.82) is 0 Å². The van der Waals surface area contributed by atoms with Gasteiger partial charge in [-0.25, -0.2) is 9.97 Å². The lowest BCUT2D eigenvalue weighted by Crippen LogP contribution is -2.57. The van der Waals surface area contributed by atoms with E-state index in [0.29, 0.717) is 25.6 Å². The van der Waals surface area contributed by atoms with Gasteiger partial charge in [0.25, 0.3) is 0 Å². The standard InChI is InChI=1S/C17H27BN4O5/c1-16(2)17(3,4)27-18(26-16)12-9-19-15(20-10-12)22-6-5-21(7-8-23)13(11-22)14(24)25/h9-10,13,23H,5-8,11H2,1-4H3,(H,24,25)/t13-/m0/s1. The van der Waals surface area contributed by atoms with Crippen molar-refractivity contribution in [2.45, 2.75) is 44.9 Å². The second kappa shape index (κ2) is 7.35. The van der Waals surface area contributed by atoms with E-state index < -0.39 is 30.3 Å². The number of carbonyl (C=O) groups is 1. The third-order valence-electron chi connectivity index (χ3n) is 5.63. The predicted molar refractivity (Wildman–Crippen MR) is 100 cm³/mol. The Kier molecular flexibility index (Phi) is 5.44. The number of nitrogens with zero attached hydrogens (tertiary/aromatic N) is 4. The first-order chi connectivity index (χ1) is 12.6. The Morgan fingerprint density at radius 2 is 1.81 bits per heavy atom. The summed E-state index contributed by atoms with van der Waals surface area (Å²) >= 11 is 0. The SMILES string of the molecule is CC1(C)OB(c2cnc(N3CCN(CCO)[C@H](C(=O)O)C3)nc2)OC1(C)C. The second-order valence-corrected chi connectivity index (χ2v) is 7.96. The maximum Gasteiger partial charge on any atom is 0.498 e. The van der Waals surface area contributed by atoms with Crippen molar-refractivity contribution in [3.05, 3.63) is 12.4 Å². The molecule has 0 bridgehead atoms. The highest BCUT2D eigenvalue weighted by molar-refractivity contribution is 6.61. The summed E-state index contributed by atoms with van der Waals surface area (Å²) in [6, 6.07) is -0.697. The molecule has 27 heavy (non-hydrogen) atoms. The number of piperazine rings is 1. The Hall–Kier alpha value is -1.75. The highest BCUT2D eigenvalue weighted by Gasteiger charge is 2.52. The molecule has 9 nitrogen and oxygen atoms in total. The van der Waals surface area contributed by atoms with Crippen LogP contribution in [0.25, 0.3) is 0 Å². The Labute approximate surface area is 159 Å². The maximum absolute atomic E-state index is 11.5. The average molecular weight is 378 g/mol. The maximum atomic E-state index is 11.5. The van der Waals surface area contributed by atoms with Crippen LogP contribution in [0.1, 0.15) is 27.7 Å². The van der Waals surface area contributed by atoms with Gasteiger partial charge in [-0.15, -0.1) is 0 Å². The molecule has 2 fully saturated rings. The number of rotatable bonds is 5. The van der Waals surface area contributed by atoms with Crippen molar-refractivity contribution in [2.75, 3.05) is 37.7 Å². The van der Waals surface area contributed by atoms with Crippen molar-refractivity contribution in [2.24, 2.45) is 0 Å². The fraction of sp³-hybridized carbons (Fsp3) is 0.706. The van der Waals surface area contributed by atoms with Gasteiger partial charge in [-0.3, -0.25) is 9.69 Å². The quantitative estimate of drug-likeness (QED) is 0.646. The first-order valence-electron chi connectivity index (χ1n) is 9.15. The van der Waals surface area contributed by atoms with Crippen molar-refractivity contribution in [3.8, 4) is 0 Å². The van der Waals surface area contributed by atoms with Gasteiger partial charge in [0.15, 0.2) is 0 Å². The molecule has 1 atom stereocenters. The Morgan fingerprint density at radius 3 is 2.33 bits per heavy atom. The number of aliphatic hydroxyl groups excluding tert-OH is 1. The van der Waals surface area contributed by atoms with E-state index >= 15 is 0 Å². The minimum absolute atomic E-state index is 0.0664. The van der Waals surface area contributed by atoms with Gasteiger partial charge in [-0.05, 0) is 27.7 Å². The lowest BCUT2D eigenvalue weighted by Gasteiger charge is -2.38. The van der Waals surface area contributed by atoms with E-state index in [2.05, 4.69) is 9.97 Å². The minimum atomic E-state index is -0.915. The summed E-state index contributed by atoms with van der Waals surface area (Å²) in [5, 5.41) is 18.6. The van der Waals surface area contributed by atoms with Crippen LogP contribution in [-0.4, -0.2) is 88.2 Å². The lowest BCUT2D eigenvalue weighted by atomic mass is 9.81. The van der Waals surface area contributed by atoms with Crippen LogP contribution in [0.3, 0.4) is 0 Å². The number of aromatic nitrogens is 2. The number of hydrogen-bond acceptors (Lipinski definition) is 8. The Morgan fingerprint density at radius 1 is 1.22 bits per heavy atom. The largest absolute Gasteiger partial charge is 0.498 e. The van der Waals surface area contributed by atoms with Crippen LogP contribution in [-0.2, 0) is 14.1 Å².